The summed E-state index contributed by atoms with van der Waals surface area (Å²) in [5, 5.41) is 11.8. The number of hydrogen-bond donors (Lipinski definition) is 1. The van der Waals surface area contributed by atoms with Crippen LogP contribution in [0.4, 0.5) is 5.69 Å². The van der Waals surface area contributed by atoms with E-state index in [9.17, 15) is 9.59 Å². The average Bonchev–Trinajstić information content (AvgIpc) is 2.93. The molecule has 3 aromatic rings. The molecule has 146 valence electrons. The van der Waals surface area contributed by atoms with Gasteiger partial charge in [-0.3, -0.25) is 14.0 Å². The molecule has 0 radical (unpaired) electrons. The van der Waals surface area contributed by atoms with Gasteiger partial charge in [-0.25, -0.2) is 4.98 Å². The summed E-state index contributed by atoms with van der Waals surface area (Å²) in [6.07, 6.45) is 5.95. The minimum atomic E-state index is -0.434. The molecule has 1 aliphatic rings. The number of nitrogens with one attached hydrogen (secondary N) is 1. The number of likely N-dealkylation sites (tertiary alicyclic amines) is 1. The summed E-state index contributed by atoms with van der Waals surface area (Å²) in [6.45, 7) is 1.43. The first-order chi connectivity index (χ1) is 14.2. The molecule has 29 heavy (non-hydrogen) atoms. The van der Waals surface area contributed by atoms with Gasteiger partial charge in [0, 0.05) is 25.0 Å². The highest BCUT2D eigenvalue weighted by Crippen LogP contribution is 2.19. The fourth-order valence-electron chi connectivity index (χ4n) is 3.63. The lowest BCUT2D eigenvalue weighted by Crippen LogP contribution is -2.32. The van der Waals surface area contributed by atoms with Crippen molar-refractivity contribution in [1.82, 2.24) is 14.3 Å². The first kappa shape index (κ1) is 18.7. The molecule has 1 saturated heterocycles. The quantitative estimate of drug-likeness (QED) is 0.745. The molecule has 2 aromatic heterocycles. The van der Waals surface area contributed by atoms with Crippen LogP contribution in [-0.2, 0) is 0 Å². The van der Waals surface area contributed by atoms with Crippen LogP contribution in [0.3, 0.4) is 0 Å². The zero-order valence-electron chi connectivity index (χ0n) is 16.0. The van der Waals surface area contributed by atoms with Crippen molar-refractivity contribution < 1.29 is 9.59 Å². The van der Waals surface area contributed by atoms with E-state index >= 15 is 0 Å². The predicted molar refractivity (Wildman–Crippen MR) is 109 cm³/mol. The van der Waals surface area contributed by atoms with Crippen LogP contribution >= 0.6 is 0 Å². The van der Waals surface area contributed by atoms with Gasteiger partial charge in [-0.1, -0.05) is 25.0 Å². The Morgan fingerprint density at radius 1 is 1.03 bits per heavy atom. The molecule has 0 saturated carbocycles. The standard InChI is InChI=1S/C22H21N5O2/c23-15-16-8-7-9-17(14-16)24-21(28)20-25-19(18-10-3-6-13-27(18)20)22(29)26-11-4-1-2-5-12-26/h3,6-10,13-14H,1-2,4-5,11-12H2,(H,24,28). The molecule has 1 fully saturated rings. The van der Waals surface area contributed by atoms with E-state index in [0.29, 0.717) is 35.6 Å². The van der Waals surface area contributed by atoms with E-state index in [0.717, 1.165) is 25.7 Å². The molecule has 1 N–H and O–H groups in total. The second kappa shape index (κ2) is 8.15. The van der Waals surface area contributed by atoms with E-state index in [2.05, 4.69) is 10.3 Å². The van der Waals surface area contributed by atoms with E-state index in [-0.39, 0.29) is 11.7 Å². The second-order valence-corrected chi connectivity index (χ2v) is 7.09. The first-order valence-corrected chi connectivity index (χ1v) is 9.75. The SMILES string of the molecule is N#Cc1cccc(NC(=O)c2nc(C(=O)N3CCCCCC3)c3ccccn23)c1. The fourth-order valence-corrected chi connectivity index (χ4v) is 3.63. The molecular formula is C22H21N5O2. The van der Waals surface area contributed by atoms with Gasteiger partial charge in [0.1, 0.15) is 0 Å². The fraction of sp³-hybridized carbons (Fsp3) is 0.273. The number of hydrogen-bond acceptors (Lipinski definition) is 4. The monoisotopic (exact) mass is 387 g/mol. The number of imidazole rings is 1. The van der Waals surface area contributed by atoms with Gasteiger partial charge < -0.3 is 10.2 Å². The van der Waals surface area contributed by atoms with Gasteiger partial charge in [0.05, 0.1) is 17.1 Å². The number of nitrogens with zero attached hydrogens (tertiary/aromatic N) is 4. The average molecular weight is 387 g/mol. The van der Waals surface area contributed by atoms with Crippen LogP contribution in [0.5, 0.6) is 0 Å². The second-order valence-electron chi connectivity index (χ2n) is 7.09. The molecule has 7 nitrogen and oxygen atoms in total. The third kappa shape index (κ3) is 3.83. The minimum absolute atomic E-state index is 0.138. The lowest BCUT2D eigenvalue weighted by atomic mass is 10.2. The number of rotatable bonds is 3. The number of pyridine rings is 1. The molecule has 0 bridgehead atoms. The van der Waals surface area contributed by atoms with Crippen molar-refractivity contribution in [2.24, 2.45) is 0 Å². The molecule has 7 heteroatoms. The van der Waals surface area contributed by atoms with Crippen molar-refractivity contribution >= 4 is 23.0 Å². The molecule has 0 unspecified atom stereocenters. The van der Waals surface area contributed by atoms with Crippen molar-refractivity contribution in [3.05, 3.63) is 65.7 Å². The van der Waals surface area contributed by atoms with Crippen LogP contribution in [0.15, 0.2) is 48.7 Å². The third-order valence-electron chi connectivity index (χ3n) is 5.10. The maximum Gasteiger partial charge on any atom is 0.292 e. The van der Waals surface area contributed by atoms with Gasteiger partial charge in [-0.05, 0) is 43.2 Å². The number of benzene rings is 1. The smallest absolute Gasteiger partial charge is 0.292 e. The Morgan fingerprint density at radius 3 is 2.59 bits per heavy atom. The van der Waals surface area contributed by atoms with Crippen molar-refractivity contribution in [2.75, 3.05) is 18.4 Å². The topological polar surface area (TPSA) is 90.5 Å². The first-order valence-electron chi connectivity index (χ1n) is 9.75. The number of fused-ring (bicyclic) bond motifs is 1. The summed E-state index contributed by atoms with van der Waals surface area (Å²) in [5.74, 6) is -0.432. The summed E-state index contributed by atoms with van der Waals surface area (Å²) in [6, 6.07) is 14.1. The number of amides is 2. The van der Waals surface area contributed by atoms with Crippen LogP contribution < -0.4 is 5.32 Å². The highest BCUT2D eigenvalue weighted by Gasteiger charge is 2.25. The molecule has 1 aliphatic heterocycles. The Kier molecular flexibility index (Phi) is 5.25. The largest absolute Gasteiger partial charge is 0.337 e. The van der Waals surface area contributed by atoms with E-state index in [1.54, 1.807) is 47.0 Å². The van der Waals surface area contributed by atoms with Crippen LogP contribution in [0.25, 0.3) is 5.52 Å². The molecule has 1 aromatic carbocycles. The van der Waals surface area contributed by atoms with Gasteiger partial charge in [0.2, 0.25) is 5.82 Å². The number of carbonyl (C=O) groups is 2. The van der Waals surface area contributed by atoms with Crippen molar-refractivity contribution in [3.63, 3.8) is 0 Å². The number of anilines is 1. The summed E-state index contributed by atoms with van der Waals surface area (Å²) in [4.78, 5) is 32.3. The molecule has 3 heterocycles. The van der Waals surface area contributed by atoms with E-state index < -0.39 is 5.91 Å². The number of nitriles is 1. The van der Waals surface area contributed by atoms with Crippen LogP contribution in [-0.4, -0.2) is 39.2 Å². The van der Waals surface area contributed by atoms with Crippen molar-refractivity contribution in [2.45, 2.75) is 25.7 Å². The Balaban J connectivity index is 1.67. The Morgan fingerprint density at radius 2 is 1.83 bits per heavy atom. The third-order valence-corrected chi connectivity index (χ3v) is 5.10. The zero-order valence-corrected chi connectivity index (χ0v) is 16.0. The molecule has 4 rings (SSSR count). The maximum absolute atomic E-state index is 13.1. The van der Waals surface area contributed by atoms with E-state index in [1.807, 2.05) is 17.0 Å². The van der Waals surface area contributed by atoms with Gasteiger partial charge in [-0.15, -0.1) is 0 Å². The Hall–Kier alpha value is -3.66. The molecule has 0 atom stereocenters. The van der Waals surface area contributed by atoms with Crippen LogP contribution in [0.2, 0.25) is 0 Å². The summed E-state index contributed by atoms with van der Waals surface area (Å²) < 4.78 is 1.63. The number of aromatic nitrogens is 2. The molecule has 0 aliphatic carbocycles. The van der Waals surface area contributed by atoms with Gasteiger partial charge in [0.15, 0.2) is 5.69 Å². The summed E-state index contributed by atoms with van der Waals surface area (Å²) in [7, 11) is 0. The van der Waals surface area contributed by atoms with Gasteiger partial charge in [-0.2, -0.15) is 5.26 Å². The Bertz CT molecular complexity index is 1100. The molecule has 0 spiro atoms. The number of carbonyl (C=O) groups excluding carboxylic acids is 2. The molecular weight excluding hydrogens is 366 g/mol. The zero-order chi connectivity index (χ0) is 20.2. The molecule has 2 amide bonds. The summed E-state index contributed by atoms with van der Waals surface area (Å²) >= 11 is 0. The highest BCUT2D eigenvalue weighted by molar-refractivity contribution is 6.06. The summed E-state index contributed by atoms with van der Waals surface area (Å²) in [5.41, 5.74) is 1.86. The Labute approximate surface area is 168 Å². The van der Waals surface area contributed by atoms with E-state index in [1.165, 1.54) is 0 Å². The normalized spacial score (nSPS) is 14.2. The highest BCUT2D eigenvalue weighted by atomic mass is 16.2. The van der Waals surface area contributed by atoms with E-state index in [4.69, 9.17) is 5.26 Å². The van der Waals surface area contributed by atoms with Crippen LogP contribution in [0.1, 0.15) is 52.4 Å². The minimum Gasteiger partial charge on any atom is -0.337 e. The predicted octanol–water partition coefficient (Wildman–Crippen LogP) is 3.47. The van der Waals surface area contributed by atoms with Crippen molar-refractivity contribution in [1.29, 1.82) is 5.26 Å². The van der Waals surface area contributed by atoms with Crippen molar-refractivity contribution in [3.8, 4) is 6.07 Å². The van der Waals surface area contributed by atoms with Gasteiger partial charge in [0.25, 0.3) is 11.8 Å². The lowest BCUT2D eigenvalue weighted by molar-refractivity contribution is 0.0758. The lowest BCUT2D eigenvalue weighted by Gasteiger charge is -2.19. The van der Waals surface area contributed by atoms with Gasteiger partial charge >= 0.3 is 0 Å². The van der Waals surface area contributed by atoms with Crippen LogP contribution in [0, 0.1) is 11.3 Å². The maximum atomic E-state index is 13.1.